The minimum absolute atomic E-state index is 0.0218. The van der Waals surface area contributed by atoms with Gasteiger partial charge in [0.15, 0.2) is 0 Å². The van der Waals surface area contributed by atoms with Gasteiger partial charge in [-0.1, -0.05) is 36.4 Å². The molecule has 28 heavy (non-hydrogen) atoms. The SMILES string of the molecule is C=CCNC(=O)C1CCCN(c2nc3c(-c4ccccc4)csc3c(=O)[nH]2)C1. The third-order valence-electron chi connectivity index (χ3n) is 5.01. The van der Waals surface area contributed by atoms with Crippen LogP contribution < -0.4 is 15.8 Å². The summed E-state index contributed by atoms with van der Waals surface area (Å²) in [5.41, 5.74) is 2.59. The number of nitrogens with one attached hydrogen (secondary N) is 2. The largest absolute Gasteiger partial charge is 0.352 e. The zero-order chi connectivity index (χ0) is 19.5. The Labute approximate surface area is 166 Å². The Kier molecular flexibility index (Phi) is 5.25. The lowest BCUT2D eigenvalue weighted by atomic mass is 9.97. The lowest BCUT2D eigenvalue weighted by Gasteiger charge is -2.32. The summed E-state index contributed by atoms with van der Waals surface area (Å²) in [5, 5.41) is 4.85. The van der Waals surface area contributed by atoms with Crippen molar-refractivity contribution in [1.82, 2.24) is 15.3 Å². The standard InChI is InChI=1S/C21H22N4O2S/c1-2-10-22-19(26)15-9-6-11-25(12-15)21-23-17-16(14-7-4-3-5-8-14)13-28-18(17)20(27)24-21/h2-5,7-8,13,15H,1,6,9-12H2,(H,22,26)(H,23,24,27). The molecular weight excluding hydrogens is 372 g/mol. The number of H-pyrrole nitrogens is 1. The molecule has 3 aromatic rings. The van der Waals surface area contributed by atoms with Crippen LogP contribution in [0.1, 0.15) is 12.8 Å². The number of hydrogen-bond acceptors (Lipinski definition) is 5. The quantitative estimate of drug-likeness (QED) is 0.652. The van der Waals surface area contributed by atoms with Crippen molar-refractivity contribution in [1.29, 1.82) is 0 Å². The second-order valence-electron chi connectivity index (χ2n) is 6.90. The summed E-state index contributed by atoms with van der Waals surface area (Å²) in [6.07, 6.45) is 3.38. The van der Waals surface area contributed by atoms with Crippen molar-refractivity contribution < 1.29 is 4.79 Å². The van der Waals surface area contributed by atoms with E-state index in [0.717, 1.165) is 30.5 Å². The first-order valence-corrected chi connectivity index (χ1v) is 10.3. The van der Waals surface area contributed by atoms with Crippen molar-refractivity contribution >= 4 is 33.4 Å². The van der Waals surface area contributed by atoms with Crippen LogP contribution in [0.3, 0.4) is 0 Å². The number of aromatic nitrogens is 2. The van der Waals surface area contributed by atoms with Crippen LogP contribution in [-0.4, -0.2) is 35.5 Å². The summed E-state index contributed by atoms with van der Waals surface area (Å²) in [5.74, 6) is 0.439. The number of hydrogen-bond donors (Lipinski definition) is 2. The van der Waals surface area contributed by atoms with Crippen molar-refractivity contribution in [2.75, 3.05) is 24.5 Å². The second-order valence-corrected chi connectivity index (χ2v) is 7.78. The molecule has 1 unspecified atom stereocenters. The van der Waals surface area contributed by atoms with Crippen LogP contribution in [-0.2, 0) is 4.79 Å². The molecule has 1 amide bonds. The maximum Gasteiger partial charge on any atom is 0.270 e. The minimum Gasteiger partial charge on any atom is -0.352 e. The predicted molar refractivity (Wildman–Crippen MR) is 114 cm³/mol. The van der Waals surface area contributed by atoms with E-state index >= 15 is 0 Å². The highest BCUT2D eigenvalue weighted by atomic mass is 32.1. The zero-order valence-electron chi connectivity index (χ0n) is 15.5. The van der Waals surface area contributed by atoms with E-state index < -0.39 is 0 Å². The van der Waals surface area contributed by atoms with E-state index in [4.69, 9.17) is 4.98 Å². The van der Waals surface area contributed by atoms with Crippen molar-refractivity contribution in [3.05, 3.63) is 58.7 Å². The van der Waals surface area contributed by atoms with E-state index in [-0.39, 0.29) is 17.4 Å². The lowest BCUT2D eigenvalue weighted by molar-refractivity contribution is -0.125. The van der Waals surface area contributed by atoms with E-state index in [0.29, 0.717) is 29.3 Å². The number of thiophene rings is 1. The third-order valence-corrected chi connectivity index (χ3v) is 5.98. The van der Waals surface area contributed by atoms with E-state index in [1.165, 1.54) is 11.3 Å². The number of rotatable bonds is 5. The molecule has 1 aromatic carbocycles. The van der Waals surface area contributed by atoms with Crippen LogP contribution in [0.4, 0.5) is 5.95 Å². The number of anilines is 1. The molecule has 2 aromatic heterocycles. The molecule has 1 saturated heterocycles. The molecule has 7 heteroatoms. The van der Waals surface area contributed by atoms with Crippen LogP contribution in [0.25, 0.3) is 21.3 Å². The molecule has 2 N–H and O–H groups in total. The molecule has 0 bridgehead atoms. The summed E-state index contributed by atoms with van der Waals surface area (Å²) in [6, 6.07) is 9.96. The molecule has 0 aliphatic carbocycles. The Bertz CT molecular complexity index is 1060. The molecule has 1 aliphatic rings. The van der Waals surface area contributed by atoms with Gasteiger partial charge in [0.25, 0.3) is 5.56 Å². The first-order chi connectivity index (χ1) is 13.7. The van der Waals surface area contributed by atoms with Crippen molar-refractivity contribution in [3.8, 4) is 11.1 Å². The van der Waals surface area contributed by atoms with Gasteiger partial charge in [0, 0.05) is 30.6 Å². The summed E-state index contributed by atoms with van der Waals surface area (Å²) in [4.78, 5) is 34.7. The van der Waals surface area contributed by atoms with Gasteiger partial charge in [-0.3, -0.25) is 14.6 Å². The van der Waals surface area contributed by atoms with Gasteiger partial charge >= 0.3 is 0 Å². The summed E-state index contributed by atoms with van der Waals surface area (Å²) in [6.45, 7) is 5.41. The van der Waals surface area contributed by atoms with Crippen LogP contribution in [0, 0.1) is 5.92 Å². The summed E-state index contributed by atoms with van der Waals surface area (Å²) in [7, 11) is 0. The van der Waals surface area contributed by atoms with Gasteiger partial charge < -0.3 is 10.2 Å². The lowest BCUT2D eigenvalue weighted by Crippen LogP contribution is -2.44. The molecule has 0 saturated carbocycles. The monoisotopic (exact) mass is 394 g/mol. The smallest absolute Gasteiger partial charge is 0.270 e. The minimum atomic E-state index is -0.134. The maximum absolute atomic E-state index is 12.6. The topological polar surface area (TPSA) is 78.1 Å². The second kappa shape index (κ2) is 7.98. The highest BCUT2D eigenvalue weighted by Gasteiger charge is 2.27. The van der Waals surface area contributed by atoms with Gasteiger partial charge in [0.2, 0.25) is 11.9 Å². The molecule has 4 rings (SSSR count). The highest BCUT2D eigenvalue weighted by Crippen LogP contribution is 2.32. The normalized spacial score (nSPS) is 16.9. The van der Waals surface area contributed by atoms with Crippen LogP contribution >= 0.6 is 11.3 Å². The van der Waals surface area contributed by atoms with Gasteiger partial charge in [-0.25, -0.2) is 4.98 Å². The van der Waals surface area contributed by atoms with Crippen molar-refractivity contribution in [2.24, 2.45) is 5.92 Å². The Hall–Kier alpha value is -2.93. The van der Waals surface area contributed by atoms with Gasteiger partial charge in [-0.2, -0.15) is 0 Å². The molecular formula is C21H22N4O2S. The van der Waals surface area contributed by atoms with Crippen LogP contribution in [0.5, 0.6) is 0 Å². The maximum atomic E-state index is 12.6. The van der Waals surface area contributed by atoms with Gasteiger partial charge in [-0.15, -0.1) is 17.9 Å². The Morgan fingerprint density at radius 1 is 1.39 bits per heavy atom. The first-order valence-electron chi connectivity index (χ1n) is 9.38. The van der Waals surface area contributed by atoms with Crippen molar-refractivity contribution in [3.63, 3.8) is 0 Å². The molecule has 1 fully saturated rings. The third kappa shape index (κ3) is 3.57. The van der Waals surface area contributed by atoms with E-state index in [1.54, 1.807) is 6.08 Å². The van der Waals surface area contributed by atoms with Crippen LogP contribution in [0.2, 0.25) is 0 Å². The summed E-state index contributed by atoms with van der Waals surface area (Å²) >= 11 is 1.41. The Balaban J connectivity index is 1.66. The molecule has 0 radical (unpaired) electrons. The number of carbonyl (C=O) groups excluding carboxylic acids is 1. The van der Waals surface area contributed by atoms with Gasteiger partial charge in [-0.05, 0) is 18.4 Å². The van der Waals surface area contributed by atoms with Crippen molar-refractivity contribution in [2.45, 2.75) is 12.8 Å². The number of benzene rings is 1. The Morgan fingerprint density at radius 3 is 3.00 bits per heavy atom. The van der Waals surface area contributed by atoms with E-state index in [1.807, 2.05) is 40.6 Å². The Morgan fingerprint density at radius 2 is 2.21 bits per heavy atom. The van der Waals surface area contributed by atoms with Gasteiger partial charge in [0.1, 0.15) is 4.70 Å². The number of nitrogens with zero attached hydrogens (tertiary/aromatic N) is 2. The number of piperidine rings is 1. The molecule has 6 nitrogen and oxygen atoms in total. The van der Waals surface area contributed by atoms with Gasteiger partial charge in [0.05, 0.1) is 11.4 Å². The molecule has 3 heterocycles. The fourth-order valence-corrected chi connectivity index (χ4v) is 4.50. The first kappa shape index (κ1) is 18.4. The fraction of sp³-hybridized carbons (Fsp3) is 0.286. The predicted octanol–water partition coefficient (Wildman–Crippen LogP) is 3.17. The van der Waals surface area contributed by atoms with E-state index in [2.05, 4.69) is 16.9 Å². The number of carbonyl (C=O) groups is 1. The molecule has 144 valence electrons. The number of amides is 1. The number of aromatic amines is 1. The molecule has 0 spiro atoms. The fourth-order valence-electron chi connectivity index (χ4n) is 3.59. The average Bonchev–Trinajstić information content (AvgIpc) is 3.17. The molecule has 1 atom stereocenters. The molecule has 1 aliphatic heterocycles. The highest BCUT2D eigenvalue weighted by molar-refractivity contribution is 7.17. The van der Waals surface area contributed by atoms with Crippen LogP contribution in [0.15, 0.2) is 53.2 Å². The summed E-state index contributed by atoms with van der Waals surface area (Å²) < 4.78 is 0.625. The zero-order valence-corrected chi connectivity index (χ0v) is 16.3. The average molecular weight is 395 g/mol. The van der Waals surface area contributed by atoms with E-state index in [9.17, 15) is 9.59 Å². The number of fused-ring (bicyclic) bond motifs is 1.